The predicted octanol–water partition coefficient (Wildman–Crippen LogP) is 4.40. The molecule has 26 heavy (non-hydrogen) atoms. The van der Waals surface area contributed by atoms with Gasteiger partial charge in [0.2, 0.25) is 0 Å². The molecule has 3 aromatic carbocycles. The largest absolute Gasteiger partial charge is 0.489 e. The number of ether oxygens (including phenoxy) is 1. The maximum Gasteiger partial charge on any atom is 0.124 e. The molecule has 0 heterocycles. The Bertz CT molecular complexity index is 817. The van der Waals surface area contributed by atoms with Gasteiger partial charge in [0, 0.05) is 18.7 Å². The number of aliphatic hydroxyl groups excluding tert-OH is 1. The number of hydrogen-bond acceptors (Lipinski definition) is 3. The molecule has 0 aromatic heterocycles. The number of aliphatic hydroxyl groups is 1. The predicted molar refractivity (Wildman–Crippen MR) is 105 cm³/mol. The third-order valence-electron chi connectivity index (χ3n) is 4.29. The van der Waals surface area contributed by atoms with Crippen LogP contribution in [0.1, 0.15) is 28.4 Å². The first-order chi connectivity index (χ1) is 12.7. The van der Waals surface area contributed by atoms with Crippen LogP contribution in [-0.2, 0) is 13.2 Å². The Hall–Kier alpha value is -2.62. The lowest BCUT2D eigenvalue weighted by molar-refractivity contribution is 0.174. The van der Waals surface area contributed by atoms with Crippen LogP contribution in [-0.4, -0.2) is 11.7 Å². The van der Waals surface area contributed by atoms with Crippen molar-refractivity contribution in [2.45, 2.75) is 26.2 Å². The Kier molecular flexibility index (Phi) is 6.42. The number of benzene rings is 3. The Morgan fingerprint density at radius 3 is 2.50 bits per heavy atom. The summed E-state index contributed by atoms with van der Waals surface area (Å²) in [5, 5.41) is 13.6. The van der Waals surface area contributed by atoms with E-state index in [4.69, 9.17) is 4.74 Å². The molecule has 0 unspecified atom stereocenters. The Morgan fingerprint density at radius 2 is 1.69 bits per heavy atom. The molecule has 0 aliphatic heterocycles. The summed E-state index contributed by atoms with van der Waals surface area (Å²) in [6.45, 7) is 3.77. The molecule has 3 rings (SSSR count). The standard InChI is InChI=1S/C23H25NO2/c1-18-8-7-9-19(14-18)17-26-23-13-6-5-12-21(23)15-24-16-22(25)20-10-3-2-4-11-20/h2-14,22,24-25H,15-17H2,1H3/t22-/m1/s1. The van der Waals surface area contributed by atoms with Gasteiger partial charge in [-0.25, -0.2) is 0 Å². The summed E-state index contributed by atoms with van der Waals surface area (Å²) in [6.07, 6.45) is -0.517. The number of hydrogen-bond donors (Lipinski definition) is 2. The molecule has 0 aliphatic rings. The van der Waals surface area contributed by atoms with Gasteiger partial charge in [-0.05, 0) is 24.1 Å². The zero-order chi connectivity index (χ0) is 18.2. The minimum atomic E-state index is -0.517. The molecule has 0 saturated heterocycles. The third kappa shape index (κ3) is 5.19. The zero-order valence-electron chi connectivity index (χ0n) is 15.1. The summed E-state index contributed by atoms with van der Waals surface area (Å²) < 4.78 is 6.02. The van der Waals surface area contributed by atoms with E-state index in [0.29, 0.717) is 19.7 Å². The van der Waals surface area contributed by atoms with E-state index in [2.05, 4.69) is 30.4 Å². The highest BCUT2D eigenvalue weighted by Gasteiger charge is 2.08. The van der Waals surface area contributed by atoms with Crippen LogP contribution in [0.3, 0.4) is 0 Å². The van der Waals surface area contributed by atoms with E-state index >= 15 is 0 Å². The fraction of sp³-hybridized carbons (Fsp3) is 0.217. The van der Waals surface area contributed by atoms with Gasteiger partial charge in [-0.1, -0.05) is 78.4 Å². The minimum Gasteiger partial charge on any atom is -0.489 e. The lowest BCUT2D eigenvalue weighted by atomic mass is 10.1. The van der Waals surface area contributed by atoms with Crippen LogP contribution in [0.2, 0.25) is 0 Å². The van der Waals surface area contributed by atoms with Crippen LogP contribution in [0, 0.1) is 6.92 Å². The van der Waals surface area contributed by atoms with Gasteiger partial charge in [-0.15, -0.1) is 0 Å². The van der Waals surface area contributed by atoms with E-state index in [1.165, 1.54) is 5.56 Å². The lowest BCUT2D eigenvalue weighted by Gasteiger charge is -2.15. The lowest BCUT2D eigenvalue weighted by Crippen LogP contribution is -2.21. The van der Waals surface area contributed by atoms with E-state index in [0.717, 1.165) is 22.4 Å². The quantitative estimate of drug-likeness (QED) is 0.635. The van der Waals surface area contributed by atoms with E-state index in [-0.39, 0.29) is 0 Å². The smallest absolute Gasteiger partial charge is 0.124 e. The van der Waals surface area contributed by atoms with Crippen molar-refractivity contribution < 1.29 is 9.84 Å². The van der Waals surface area contributed by atoms with E-state index in [1.54, 1.807) is 0 Å². The number of rotatable bonds is 8. The SMILES string of the molecule is Cc1cccc(COc2ccccc2CNC[C@@H](O)c2ccccc2)c1. The van der Waals surface area contributed by atoms with Gasteiger partial charge in [0.25, 0.3) is 0 Å². The van der Waals surface area contributed by atoms with E-state index in [9.17, 15) is 5.11 Å². The Balaban J connectivity index is 1.55. The van der Waals surface area contributed by atoms with Crippen molar-refractivity contribution in [3.8, 4) is 5.75 Å². The molecular formula is C23H25NO2. The second-order valence-corrected chi connectivity index (χ2v) is 6.44. The van der Waals surface area contributed by atoms with Crippen LogP contribution in [0.15, 0.2) is 78.9 Å². The highest BCUT2D eigenvalue weighted by molar-refractivity contribution is 5.34. The average molecular weight is 347 g/mol. The van der Waals surface area contributed by atoms with Gasteiger partial charge in [-0.2, -0.15) is 0 Å². The maximum absolute atomic E-state index is 10.3. The van der Waals surface area contributed by atoms with Crippen molar-refractivity contribution in [3.63, 3.8) is 0 Å². The first kappa shape index (κ1) is 18.2. The van der Waals surface area contributed by atoms with Gasteiger partial charge in [0.1, 0.15) is 12.4 Å². The Morgan fingerprint density at radius 1 is 0.923 bits per heavy atom. The molecule has 0 amide bonds. The topological polar surface area (TPSA) is 41.5 Å². The molecule has 0 saturated carbocycles. The highest BCUT2D eigenvalue weighted by atomic mass is 16.5. The maximum atomic E-state index is 10.3. The molecule has 134 valence electrons. The summed E-state index contributed by atoms with van der Waals surface area (Å²) in [6, 6.07) is 26.1. The highest BCUT2D eigenvalue weighted by Crippen LogP contribution is 2.20. The van der Waals surface area contributed by atoms with Crippen molar-refractivity contribution in [3.05, 3.63) is 101 Å². The van der Waals surface area contributed by atoms with Crippen molar-refractivity contribution >= 4 is 0 Å². The van der Waals surface area contributed by atoms with Gasteiger partial charge >= 0.3 is 0 Å². The zero-order valence-corrected chi connectivity index (χ0v) is 15.1. The second-order valence-electron chi connectivity index (χ2n) is 6.44. The summed E-state index contributed by atoms with van der Waals surface area (Å²) >= 11 is 0. The molecule has 0 spiro atoms. The molecule has 3 nitrogen and oxygen atoms in total. The summed E-state index contributed by atoms with van der Waals surface area (Å²) in [5.41, 5.74) is 4.40. The van der Waals surface area contributed by atoms with Crippen molar-refractivity contribution in [2.75, 3.05) is 6.54 Å². The summed E-state index contributed by atoms with van der Waals surface area (Å²) in [5.74, 6) is 0.871. The molecular weight excluding hydrogens is 322 g/mol. The van der Waals surface area contributed by atoms with Crippen LogP contribution >= 0.6 is 0 Å². The van der Waals surface area contributed by atoms with Gasteiger partial charge < -0.3 is 15.2 Å². The average Bonchev–Trinajstić information content (AvgIpc) is 2.68. The van der Waals surface area contributed by atoms with Gasteiger partial charge in [0.05, 0.1) is 6.10 Å². The molecule has 0 fully saturated rings. The first-order valence-electron chi connectivity index (χ1n) is 8.92. The minimum absolute atomic E-state index is 0.496. The molecule has 3 heteroatoms. The molecule has 3 aromatic rings. The van der Waals surface area contributed by atoms with Crippen molar-refractivity contribution in [1.82, 2.24) is 5.32 Å². The molecule has 1 atom stereocenters. The van der Waals surface area contributed by atoms with Crippen LogP contribution in [0.25, 0.3) is 0 Å². The molecule has 2 N–H and O–H groups in total. The number of nitrogens with one attached hydrogen (secondary N) is 1. The van der Waals surface area contributed by atoms with Crippen LogP contribution < -0.4 is 10.1 Å². The van der Waals surface area contributed by atoms with E-state index < -0.39 is 6.10 Å². The number of para-hydroxylation sites is 1. The van der Waals surface area contributed by atoms with Crippen LogP contribution in [0.5, 0.6) is 5.75 Å². The fourth-order valence-corrected chi connectivity index (χ4v) is 2.89. The van der Waals surface area contributed by atoms with Crippen LogP contribution in [0.4, 0.5) is 0 Å². The van der Waals surface area contributed by atoms with Crippen molar-refractivity contribution in [1.29, 1.82) is 0 Å². The normalized spacial score (nSPS) is 11.9. The van der Waals surface area contributed by atoms with Gasteiger partial charge in [0.15, 0.2) is 0 Å². The molecule has 0 bridgehead atoms. The fourth-order valence-electron chi connectivity index (χ4n) is 2.89. The van der Waals surface area contributed by atoms with Gasteiger partial charge in [-0.3, -0.25) is 0 Å². The first-order valence-corrected chi connectivity index (χ1v) is 8.92. The summed E-state index contributed by atoms with van der Waals surface area (Å²) in [7, 11) is 0. The number of aryl methyl sites for hydroxylation is 1. The Labute approximate surface area is 155 Å². The summed E-state index contributed by atoms with van der Waals surface area (Å²) in [4.78, 5) is 0. The monoisotopic (exact) mass is 347 g/mol. The second kappa shape index (κ2) is 9.18. The molecule has 0 aliphatic carbocycles. The van der Waals surface area contributed by atoms with E-state index in [1.807, 2.05) is 60.7 Å². The van der Waals surface area contributed by atoms with Crippen molar-refractivity contribution in [2.24, 2.45) is 0 Å². The third-order valence-corrected chi connectivity index (χ3v) is 4.29. The molecule has 0 radical (unpaired) electrons.